The van der Waals surface area contributed by atoms with Gasteiger partial charge in [-0.1, -0.05) is 6.07 Å². The van der Waals surface area contributed by atoms with Crippen LogP contribution in [0, 0.1) is 11.3 Å². The highest BCUT2D eigenvalue weighted by molar-refractivity contribution is 7.07. The lowest BCUT2D eigenvalue weighted by atomic mass is 10.3. The SMILES string of the molecule is CCn1c(=O)/c(=C\Nc2cccc(OCC(=O)NCC(F)F)c2)s/c1=C(/C#N)C(=O)NCC(F)F. The molecule has 0 atom stereocenters. The van der Waals surface area contributed by atoms with Crippen LogP contribution in [0.15, 0.2) is 29.1 Å². The van der Waals surface area contributed by atoms with Crippen molar-refractivity contribution < 1.29 is 31.9 Å². The lowest BCUT2D eigenvalue weighted by molar-refractivity contribution is -0.123. The summed E-state index contributed by atoms with van der Waals surface area (Å²) in [5.74, 6) is -1.48. The third-order valence-electron chi connectivity index (χ3n) is 4.22. The predicted molar refractivity (Wildman–Crippen MR) is 121 cm³/mol. The lowest BCUT2D eigenvalue weighted by Gasteiger charge is -2.08. The first kappa shape index (κ1) is 27.4. The molecule has 14 heteroatoms. The van der Waals surface area contributed by atoms with Crippen LogP contribution in [-0.2, 0) is 16.1 Å². The zero-order valence-corrected chi connectivity index (χ0v) is 19.1. The Kier molecular flexibility index (Phi) is 10.3. The number of ether oxygens (including phenoxy) is 1. The van der Waals surface area contributed by atoms with E-state index in [-0.39, 0.29) is 21.5 Å². The molecule has 188 valence electrons. The third-order valence-corrected chi connectivity index (χ3v) is 5.35. The number of nitrogens with one attached hydrogen (secondary N) is 3. The molecule has 0 aliphatic carbocycles. The molecule has 0 aliphatic heterocycles. The summed E-state index contributed by atoms with van der Waals surface area (Å²) in [5, 5.41) is 16.2. The molecule has 0 spiro atoms. The molecular weight excluding hydrogens is 494 g/mol. The van der Waals surface area contributed by atoms with Crippen molar-refractivity contribution in [3.8, 4) is 11.8 Å². The van der Waals surface area contributed by atoms with Crippen LogP contribution in [0.4, 0.5) is 23.2 Å². The molecule has 9 nitrogen and oxygen atoms in total. The number of alkyl halides is 4. The van der Waals surface area contributed by atoms with Crippen molar-refractivity contribution in [2.24, 2.45) is 0 Å². The fourth-order valence-corrected chi connectivity index (χ4v) is 3.75. The van der Waals surface area contributed by atoms with Gasteiger partial charge in [0.1, 0.15) is 21.0 Å². The van der Waals surface area contributed by atoms with Crippen molar-refractivity contribution in [1.82, 2.24) is 15.2 Å². The van der Waals surface area contributed by atoms with E-state index in [4.69, 9.17) is 4.74 Å². The Bertz CT molecular complexity index is 1270. The molecule has 2 rings (SSSR count). The Morgan fingerprint density at radius 2 is 1.89 bits per heavy atom. The largest absolute Gasteiger partial charge is 0.484 e. The summed E-state index contributed by atoms with van der Waals surface area (Å²) >= 11 is 0.830. The van der Waals surface area contributed by atoms with Crippen molar-refractivity contribution in [2.45, 2.75) is 26.3 Å². The van der Waals surface area contributed by atoms with E-state index in [1.807, 2.05) is 10.6 Å². The van der Waals surface area contributed by atoms with Crippen LogP contribution in [0.25, 0.3) is 11.8 Å². The van der Waals surface area contributed by atoms with Gasteiger partial charge in [0.15, 0.2) is 12.2 Å². The molecule has 35 heavy (non-hydrogen) atoms. The average Bonchev–Trinajstić information content (AvgIpc) is 3.14. The number of thiazole rings is 1. The number of nitrogens with zero attached hydrogens (tertiary/aromatic N) is 2. The van der Waals surface area contributed by atoms with Gasteiger partial charge in [0, 0.05) is 24.5 Å². The van der Waals surface area contributed by atoms with Gasteiger partial charge in [-0.05, 0) is 19.1 Å². The van der Waals surface area contributed by atoms with Crippen LogP contribution in [0.2, 0.25) is 0 Å². The fraction of sp³-hybridized carbons (Fsp3) is 0.333. The van der Waals surface area contributed by atoms with Gasteiger partial charge in [-0.25, -0.2) is 17.6 Å². The molecule has 0 unspecified atom stereocenters. The van der Waals surface area contributed by atoms with Gasteiger partial charge in [0.05, 0.1) is 13.1 Å². The number of halogens is 4. The van der Waals surface area contributed by atoms with E-state index in [2.05, 4.69) is 5.32 Å². The van der Waals surface area contributed by atoms with Crippen molar-refractivity contribution in [2.75, 3.05) is 25.0 Å². The molecule has 0 bridgehead atoms. The van der Waals surface area contributed by atoms with Crippen LogP contribution in [0.1, 0.15) is 6.92 Å². The van der Waals surface area contributed by atoms with Gasteiger partial charge in [-0.2, -0.15) is 5.26 Å². The number of rotatable bonds is 11. The fourth-order valence-electron chi connectivity index (χ4n) is 2.66. The first-order valence-corrected chi connectivity index (χ1v) is 10.9. The van der Waals surface area contributed by atoms with E-state index in [0.717, 1.165) is 11.3 Å². The maximum Gasteiger partial charge on any atom is 0.270 e. The monoisotopic (exact) mass is 515 g/mol. The van der Waals surface area contributed by atoms with E-state index in [9.17, 15) is 37.2 Å². The maximum atomic E-state index is 12.7. The summed E-state index contributed by atoms with van der Waals surface area (Å²) in [4.78, 5) is 36.4. The van der Waals surface area contributed by atoms with Gasteiger partial charge >= 0.3 is 0 Å². The minimum absolute atomic E-state index is 0.0201. The predicted octanol–water partition coefficient (Wildman–Crippen LogP) is 0.595. The van der Waals surface area contributed by atoms with Gasteiger partial charge in [0.25, 0.3) is 30.2 Å². The molecule has 1 aromatic carbocycles. The van der Waals surface area contributed by atoms with Crippen molar-refractivity contribution >= 4 is 40.6 Å². The number of carbonyl (C=O) groups excluding carboxylic acids is 2. The molecular formula is C21H21F4N5O4S. The number of hydrogen-bond donors (Lipinski definition) is 3. The number of hydrogen-bond acceptors (Lipinski definition) is 7. The number of aromatic nitrogens is 1. The minimum atomic E-state index is -2.80. The number of anilines is 1. The molecule has 0 radical (unpaired) electrons. The molecule has 0 fully saturated rings. The second-order valence-corrected chi connectivity index (χ2v) is 7.74. The highest BCUT2D eigenvalue weighted by Crippen LogP contribution is 2.17. The standard InChI is InChI=1S/C21H21F4N5O4S/c1-2-30-20(33)15(35-21(30)14(7-26)19(32)29-10-17(24)25)8-27-12-4-3-5-13(6-12)34-11-18(31)28-9-16(22)23/h3-6,8,16-17,27H,2,9-11H2,1H3,(H,28,31)(H,29,32)/b15-8+,21-14-. The van der Waals surface area contributed by atoms with E-state index in [0.29, 0.717) is 5.69 Å². The number of benzene rings is 1. The Labute approximate surface area is 200 Å². The third kappa shape index (κ3) is 8.14. The van der Waals surface area contributed by atoms with Crippen LogP contribution < -0.4 is 35.4 Å². The van der Waals surface area contributed by atoms with Crippen molar-refractivity contribution in [3.63, 3.8) is 0 Å². The smallest absolute Gasteiger partial charge is 0.270 e. The van der Waals surface area contributed by atoms with Gasteiger partial charge in [0.2, 0.25) is 0 Å². The van der Waals surface area contributed by atoms with E-state index in [1.54, 1.807) is 25.1 Å². The quantitative estimate of drug-likeness (QED) is 0.377. The topological polar surface area (TPSA) is 125 Å². The van der Waals surface area contributed by atoms with Gasteiger partial charge < -0.3 is 20.7 Å². The van der Waals surface area contributed by atoms with Crippen molar-refractivity contribution in [1.29, 1.82) is 5.26 Å². The maximum absolute atomic E-state index is 12.7. The Morgan fingerprint density at radius 3 is 2.51 bits per heavy atom. The molecule has 0 aliphatic rings. The molecule has 1 aromatic heterocycles. The first-order valence-electron chi connectivity index (χ1n) is 10.1. The zero-order chi connectivity index (χ0) is 26.0. The summed E-state index contributed by atoms with van der Waals surface area (Å²) in [6.07, 6.45) is -4.13. The Hall–Kier alpha value is -3.86. The summed E-state index contributed by atoms with van der Waals surface area (Å²) in [6.45, 7) is -0.439. The Morgan fingerprint density at radius 1 is 1.20 bits per heavy atom. The first-order chi connectivity index (χ1) is 16.7. The normalized spacial score (nSPS) is 12.3. The number of carbonyl (C=O) groups is 2. The van der Waals surface area contributed by atoms with E-state index < -0.39 is 55.5 Å². The number of nitriles is 1. The van der Waals surface area contributed by atoms with Crippen LogP contribution in [-0.4, -0.2) is 48.9 Å². The highest BCUT2D eigenvalue weighted by atomic mass is 32.1. The molecule has 1 heterocycles. The molecule has 0 saturated heterocycles. The van der Waals surface area contributed by atoms with Gasteiger partial charge in [-0.15, -0.1) is 11.3 Å². The highest BCUT2D eigenvalue weighted by Gasteiger charge is 2.16. The summed E-state index contributed by atoms with van der Waals surface area (Å²) in [5.41, 5.74) is -0.515. The van der Waals surface area contributed by atoms with Crippen molar-refractivity contribution in [3.05, 3.63) is 43.8 Å². The van der Waals surface area contributed by atoms with Crippen LogP contribution in [0.3, 0.4) is 0 Å². The zero-order valence-electron chi connectivity index (χ0n) is 18.3. The summed E-state index contributed by atoms with van der Waals surface area (Å²) in [7, 11) is 0. The second kappa shape index (κ2) is 13.1. The van der Waals surface area contributed by atoms with Crippen LogP contribution in [0.5, 0.6) is 5.75 Å². The average molecular weight is 515 g/mol. The molecule has 3 N–H and O–H groups in total. The molecule has 2 amide bonds. The molecule has 2 aromatic rings. The number of amides is 2. The van der Waals surface area contributed by atoms with E-state index in [1.165, 1.54) is 22.9 Å². The second-order valence-electron chi connectivity index (χ2n) is 6.71. The Balaban J connectivity index is 2.25. The van der Waals surface area contributed by atoms with Gasteiger partial charge in [-0.3, -0.25) is 19.0 Å². The van der Waals surface area contributed by atoms with Crippen LogP contribution >= 0.6 is 11.3 Å². The summed E-state index contributed by atoms with van der Waals surface area (Å²) in [6, 6.07) is 7.90. The molecule has 0 saturated carbocycles. The summed E-state index contributed by atoms with van der Waals surface area (Å²) < 4.78 is 55.6. The van der Waals surface area contributed by atoms with E-state index >= 15 is 0 Å². The lowest BCUT2D eigenvalue weighted by Crippen LogP contribution is -2.35. The minimum Gasteiger partial charge on any atom is -0.484 e.